The largest absolute Gasteiger partial charge is 0.480 e. The summed E-state index contributed by atoms with van der Waals surface area (Å²) in [5.74, 6) is 2.30. The molecular formula is C16H17N7O. The number of piperazine rings is 1. The predicted octanol–water partition coefficient (Wildman–Crippen LogP) is 1.15. The Morgan fingerprint density at radius 2 is 1.62 bits per heavy atom. The van der Waals surface area contributed by atoms with Crippen LogP contribution in [0, 0.1) is 0 Å². The predicted molar refractivity (Wildman–Crippen MR) is 90.3 cm³/mol. The second kappa shape index (κ2) is 6.23. The van der Waals surface area contributed by atoms with Gasteiger partial charge in [-0.3, -0.25) is 9.97 Å². The molecule has 0 spiro atoms. The molecule has 3 aromatic rings. The van der Waals surface area contributed by atoms with E-state index < -0.39 is 0 Å². The molecule has 4 rings (SSSR count). The molecule has 8 nitrogen and oxygen atoms in total. The Morgan fingerprint density at radius 3 is 2.42 bits per heavy atom. The van der Waals surface area contributed by atoms with E-state index in [0.29, 0.717) is 11.5 Å². The van der Waals surface area contributed by atoms with Crippen LogP contribution in [-0.4, -0.2) is 58.2 Å². The first-order valence-corrected chi connectivity index (χ1v) is 7.77. The van der Waals surface area contributed by atoms with Crippen molar-refractivity contribution in [3.05, 3.63) is 36.9 Å². The van der Waals surface area contributed by atoms with E-state index in [1.54, 1.807) is 31.9 Å². The fraction of sp³-hybridized carbons (Fsp3) is 0.312. The lowest BCUT2D eigenvalue weighted by molar-refractivity contribution is 0.395. The molecule has 0 radical (unpaired) electrons. The quantitative estimate of drug-likeness (QED) is 0.710. The number of ether oxygens (including phenoxy) is 1. The van der Waals surface area contributed by atoms with Gasteiger partial charge >= 0.3 is 0 Å². The van der Waals surface area contributed by atoms with Gasteiger partial charge in [0.2, 0.25) is 5.88 Å². The van der Waals surface area contributed by atoms with Gasteiger partial charge in [-0.2, -0.15) is 4.98 Å². The fourth-order valence-corrected chi connectivity index (χ4v) is 2.77. The fourth-order valence-electron chi connectivity index (χ4n) is 2.77. The molecule has 122 valence electrons. The third-order valence-corrected chi connectivity index (χ3v) is 4.05. The number of methoxy groups -OCH3 is 1. The van der Waals surface area contributed by atoms with Gasteiger partial charge in [-0.1, -0.05) is 0 Å². The van der Waals surface area contributed by atoms with Gasteiger partial charge in [0, 0.05) is 38.6 Å². The summed E-state index contributed by atoms with van der Waals surface area (Å²) < 4.78 is 5.14. The smallest absolute Gasteiger partial charge is 0.233 e. The summed E-state index contributed by atoms with van der Waals surface area (Å²) in [5, 5.41) is 0. The van der Waals surface area contributed by atoms with Crippen molar-refractivity contribution in [2.24, 2.45) is 0 Å². The summed E-state index contributed by atoms with van der Waals surface area (Å²) >= 11 is 0. The lowest BCUT2D eigenvalue weighted by atomic mass is 10.3. The highest BCUT2D eigenvalue weighted by Crippen LogP contribution is 2.20. The van der Waals surface area contributed by atoms with Crippen molar-refractivity contribution in [2.45, 2.75) is 0 Å². The first kappa shape index (κ1) is 14.6. The van der Waals surface area contributed by atoms with Gasteiger partial charge in [-0.15, -0.1) is 0 Å². The van der Waals surface area contributed by atoms with Crippen molar-refractivity contribution in [3.8, 4) is 5.88 Å². The van der Waals surface area contributed by atoms with Gasteiger partial charge in [0.1, 0.15) is 11.3 Å². The molecule has 0 amide bonds. The molecule has 24 heavy (non-hydrogen) atoms. The van der Waals surface area contributed by atoms with Crippen LogP contribution in [0.25, 0.3) is 11.2 Å². The number of anilines is 2. The summed E-state index contributed by atoms with van der Waals surface area (Å²) in [6, 6.07) is 3.96. The standard InChI is InChI=1S/C16H17N7O/c1-24-15-11-17-10-14(20-15)23-8-6-22(7-9-23)13-3-2-12-16(21-13)19-5-4-18-12/h2-5,10-11H,6-9H2,1H3. The second-order valence-electron chi connectivity index (χ2n) is 5.46. The maximum absolute atomic E-state index is 5.14. The summed E-state index contributed by atoms with van der Waals surface area (Å²) in [6.07, 6.45) is 6.72. The third kappa shape index (κ3) is 2.78. The molecular weight excluding hydrogens is 306 g/mol. The number of fused-ring (bicyclic) bond motifs is 1. The van der Waals surface area contributed by atoms with E-state index in [1.807, 2.05) is 12.1 Å². The molecule has 0 saturated carbocycles. The highest BCUT2D eigenvalue weighted by atomic mass is 16.5. The minimum Gasteiger partial charge on any atom is -0.480 e. The molecule has 1 fully saturated rings. The number of hydrogen-bond donors (Lipinski definition) is 0. The number of rotatable bonds is 3. The number of pyridine rings is 1. The number of hydrogen-bond acceptors (Lipinski definition) is 8. The van der Waals surface area contributed by atoms with Crippen LogP contribution in [0.1, 0.15) is 0 Å². The van der Waals surface area contributed by atoms with Crippen LogP contribution >= 0.6 is 0 Å². The molecule has 1 aliphatic rings. The van der Waals surface area contributed by atoms with Crippen molar-refractivity contribution in [1.29, 1.82) is 0 Å². The Kier molecular flexibility index (Phi) is 3.78. The lowest BCUT2D eigenvalue weighted by Crippen LogP contribution is -2.47. The number of aromatic nitrogens is 5. The summed E-state index contributed by atoms with van der Waals surface area (Å²) in [6.45, 7) is 3.42. The summed E-state index contributed by atoms with van der Waals surface area (Å²) in [5.41, 5.74) is 1.49. The van der Waals surface area contributed by atoms with Crippen LogP contribution in [0.15, 0.2) is 36.9 Å². The van der Waals surface area contributed by atoms with Gasteiger partial charge in [-0.25, -0.2) is 9.97 Å². The molecule has 0 unspecified atom stereocenters. The average Bonchev–Trinajstić information content (AvgIpc) is 2.68. The zero-order valence-corrected chi connectivity index (χ0v) is 13.3. The molecule has 0 N–H and O–H groups in total. The Bertz CT molecular complexity index is 848. The Labute approximate surface area is 139 Å². The molecule has 0 aliphatic carbocycles. The molecule has 8 heteroatoms. The van der Waals surface area contributed by atoms with Crippen LogP contribution in [-0.2, 0) is 0 Å². The van der Waals surface area contributed by atoms with E-state index in [1.165, 1.54) is 0 Å². The molecule has 1 aliphatic heterocycles. The molecule has 0 aromatic carbocycles. The molecule has 0 atom stereocenters. The van der Waals surface area contributed by atoms with Crippen LogP contribution < -0.4 is 14.5 Å². The monoisotopic (exact) mass is 323 g/mol. The molecule has 3 aromatic heterocycles. The molecule has 0 bridgehead atoms. The zero-order chi connectivity index (χ0) is 16.4. The molecule has 1 saturated heterocycles. The van der Waals surface area contributed by atoms with E-state index in [4.69, 9.17) is 4.74 Å². The van der Waals surface area contributed by atoms with Crippen molar-refractivity contribution >= 4 is 22.8 Å². The normalized spacial score (nSPS) is 14.9. The van der Waals surface area contributed by atoms with Gasteiger partial charge in [0.05, 0.1) is 19.5 Å². The third-order valence-electron chi connectivity index (χ3n) is 4.05. The maximum Gasteiger partial charge on any atom is 0.233 e. The van der Waals surface area contributed by atoms with E-state index in [9.17, 15) is 0 Å². The van der Waals surface area contributed by atoms with Crippen LogP contribution in [0.5, 0.6) is 5.88 Å². The van der Waals surface area contributed by atoms with E-state index >= 15 is 0 Å². The van der Waals surface area contributed by atoms with Crippen LogP contribution in [0.2, 0.25) is 0 Å². The van der Waals surface area contributed by atoms with Crippen LogP contribution in [0.4, 0.5) is 11.6 Å². The highest BCUT2D eigenvalue weighted by molar-refractivity contribution is 5.71. The maximum atomic E-state index is 5.14. The van der Waals surface area contributed by atoms with Crippen molar-refractivity contribution in [3.63, 3.8) is 0 Å². The van der Waals surface area contributed by atoms with Gasteiger partial charge in [-0.05, 0) is 12.1 Å². The van der Waals surface area contributed by atoms with Gasteiger partial charge < -0.3 is 14.5 Å². The summed E-state index contributed by atoms with van der Waals surface area (Å²) in [4.78, 5) is 26.2. The minimum absolute atomic E-state index is 0.532. The first-order chi connectivity index (χ1) is 11.8. The first-order valence-electron chi connectivity index (χ1n) is 7.77. The van der Waals surface area contributed by atoms with E-state index in [-0.39, 0.29) is 0 Å². The minimum atomic E-state index is 0.532. The average molecular weight is 323 g/mol. The van der Waals surface area contributed by atoms with Gasteiger partial charge in [0.15, 0.2) is 11.5 Å². The number of nitrogens with zero attached hydrogens (tertiary/aromatic N) is 7. The Morgan fingerprint density at radius 1 is 0.875 bits per heavy atom. The summed E-state index contributed by atoms with van der Waals surface area (Å²) in [7, 11) is 1.60. The SMILES string of the molecule is COc1cncc(N2CCN(c3ccc4nccnc4n3)CC2)n1. The lowest BCUT2D eigenvalue weighted by Gasteiger charge is -2.35. The second-order valence-corrected chi connectivity index (χ2v) is 5.46. The molecule has 4 heterocycles. The topological polar surface area (TPSA) is 80.2 Å². The Balaban J connectivity index is 1.48. The van der Waals surface area contributed by atoms with Crippen molar-refractivity contribution < 1.29 is 4.74 Å². The Hall–Kier alpha value is -3.03. The van der Waals surface area contributed by atoms with E-state index in [0.717, 1.165) is 43.3 Å². The highest BCUT2D eigenvalue weighted by Gasteiger charge is 2.20. The van der Waals surface area contributed by atoms with E-state index in [2.05, 4.69) is 34.7 Å². The van der Waals surface area contributed by atoms with Crippen molar-refractivity contribution in [2.75, 3.05) is 43.1 Å². The van der Waals surface area contributed by atoms with Crippen molar-refractivity contribution in [1.82, 2.24) is 24.9 Å². The van der Waals surface area contributed by atoms with Crippen LogP contribution in [0.3, 0.4) is 0 Å². The zero-order valence-electron chi connectivity index (χ0n) is 13.3. The van der Waals surface area contributed by atoms with Gasteiger partial charge in [0.25, 0.3) is 0 Å².